The van der Waals surface area contributed by atoms with E-state index in [2.05, 4.69) is 5.10 Å². The van der Waals surface area contributed by atoms with Crippen LogP contribution in [0.1, 0.15) is 24.2 Å². The Balaban J connectivity index is 2.93. The van der Waals surface area contributed by atoms with Gasteiger partial charge in [0.15, 0.2) is 0 Å². The highest BCUT2D eigenvalue weighted by Crippen LogP contribution is 2.18. The number of methoxy groups -OCH3 is 1. The summed E-state index contributed by atoms with van der Waals surface area (Å²) >= 11 is 0. The zero-order chi connectivity index (χ0) is 10.0. The first kappa shape index (κ1) is 10.2. The maximum absolute atomic E-state index is 6.01. The van der Waals surface area contributed by atoms with Gasteiger partial charge in [0.1, 0.15) is 0 Å². The van der Waals surface area contributed by atoms with E-state index in [1.54, 1.807) is 11.8 Å². The lowest BCUT2D eigenvalue weighted by molar-refractivity contribution is 0.0931. The van der Waals surface area contributed by atoms with Crippen molar-refractivity contribution in [3.8, 4) is 0 Å². The van der Waals surface area contributed by atoms with Crippen molar-refractivity contribution in [1.82, 2.24) is 9.78 Å². The Morgan fingerprint density at radius 3 is 2.62 bits per heavy atom. The standard InChI is InChI=1S/C9H17N3O/c1-6-5-11-12(3)9(6)8(10)7(2)13-4/h5,7-8H,10H2,1-4H3. The summed E-state index contributed by atoms with van der Waals surface area (Å²) in [6.07, 6.45) is 1.83. The lowest BCUT2D eigenvalue weighted by atomic mass is 10.1. The third-order valence-electron chi connectivity index (χ3n) is 2.37. The van der Waals surface area contributed by atoms with E-state index in [1.807, 2.05) is 27.1 Å². The smallest absolute Gasteiger partial charge is 0.0751 e. The SMILES string of the molecule is COC(C)C(N)c1c(C)cnn1C. The first-order valence-corrected chi connectivity index (χ1v) is 4.34. The molecule has 2 unspecified atom stereocenters. The molecular weight excluding hydrogens is 166 g/mol. The first-order chi connectivity index (χ1) is 6.07. The molecule has 0 aliphatic heterocycles. The molecule has 0 amide bonds. The van der Waals surface area contributed by atoms with Crippen LogP contribution in [0.4, 0.5) is 0 Å². The van der Waals surface area contributed by atoms with Gasteiger partial charge in [-0.3, -0.25) is 4.68 Å². The Labute approximate surface area is 78.7 Å². The monoisotopic (exact) mass is 183 g/mol. The van der Waals surface area contributed by atoms with E-state index in [4.69, 9.17) is 10.5 Å². The Morgan fingerprint density at radius 2 is 2.23 bits per heavy atom. The van der Waals surface area contributed by atoms with Crippen LogP contribution in [0.5, 0.6) is 0 Å². The number of aromatic nitrogens is 2. The van der Waals surface area contributed by atoms with E-state index in [-0.39, 0.29) is 12.1 Å². The maximum atomic E-state index is 6.01. The Morgan fingerprint density at radius 1 is 1.62 bits per heavy atom. The molecule has 74 valence electrons. The predicted octanol–water partition coefficient (Wildman–Crippen LogP) is 0.763. The van der Waals surface area contributed by atoms with Crippen LogP contribution in [0.15, 0.2) is 6.20 Å². The molecule has 13 heavy (non-hydrogen) atoms. The quantitative estimate of drug-likeness (QED) is 0.752. The second-order valence-electron chi connectivity index (χ2n) is 3.30. The molecule has 4 nitrogen and oxygen atoms in total. The number of hydrogen-bond acceptors (Lipinski definition) is 3. The van der Waals surface area contributed by atoms with E-state index in [0.717, 1.165) is 11.3 Å². The zero-order valence-electron chi connectivity index (χ0n) is 8.61. The topological polar surface area (TPSA) is 53.1 Å². The second kappa shape index (κ2) is 3.89. The molecule has 0 saturated heterocycles. The van der Waals surface area contributed by atoms with Crippen molar-refractivity contribution in [2.45, 2.75) is 26.0 Å². The first-order valence-electron chi connectivity index (χ1n) is 4.34. The van der Waals surface area contributed by atoms with Crippen LogP contribution in [0, 0.1) is 6.92 Å². The van der Waals surface area contributed by atoms with Gasteiger partial charge < -0.3 is 10.5 Å². The average molecular weight is 183 g/mol. The van der Waals surface area contributed by atoms with Gasteiger partial charge in [-0.1, -0.05) is 0 Å². The van der Waals surface area contributed by atoms with Crippen LogP contribution in [0.25, 0.3) is 0 Å². The van der Waals surface area contributed by atoms with Crippen molar-refractivity contribution in [3.05, 3.63) is 17.5 Å². The van der Waals surface area contributed by atoms with Crippen molar-refractivity contribution in [2.24, 2.45) is 12.8 Å². The summed E-state index contributed by atoms with van der Waals surface area (Å²) in [5, 5.41) is 4.14. The number of rotatable bonds is 3. The van der Waals surface area contributed by atoms with Crippen LogP contribution < -0.4 is 5.73 Å². The highest BCUT2D eigenvalue weighted by molar-refractivity contribution is 5.19. The molecule has 1 rings (SSSR count). The van der Waals surface area contributed by atoms with Gasteiger partial charge in [-0.2, -0.15) is 5.10 Å². The van der Waals surface area contributed by atoms with Gasteiger partial charge in [-0.25, -0.2) is 0 Å². The Bertz CT molecular complexity index is 263. The molecule has 0 spiro atoms. The fourth-order valence-electron chi connectivity index (χ4n) is 1.40. The maximum Gasteiger partial charge on any atom is 0.0751 e. The minimum absolute atomic E-state index is 0.00843. The summed E-state index contributed by atoms with van der Waals surface area (Å²) in [6.45, 7) is 3.96. The van der Waals surface area contributed by atoms with Crippen molar-refractivity contribution in [3.63, 3.8) is 0 Å². The molecule has 0 radical (unpaired) electrons. The van der Waals surface area contributed by atoms with Gasteiger partial charge in [0, 0.05) is 14.2 Å². The molecule has 0 aliphatic rings. The summed E-state index contributed by atoms with van der Waals surface area (Å²) in [5.74, 6) is 0. The number of ether oxygens (including phenoxy) is 1. The largest absolute Gasteiger partial charge is 0.380 e. The highest BCUT2D eigenvalue weighted by Gasteiger charge is 2.19. The number of nitrogens with two attached hydrogens (primary N) is 1. The average Bonchev–Trinajstić information content (AvgIpc) is 2.44. The van der Waals surface area contributed by atoms with Gasteiger partial charge in [0.05, 0.1) is 24.0 Å². The molecule has 2 N–H and O–H groups in total. The van der Waals surface area contributed by atoms with Crippen LogP contribution in [0.2, 0.25) is 0 Å². The molecule has 0 bridgehead atoms. The molecule has 1 aromatic heterocycles. The zero-order valence-corrected chi connectivity index (χ0v) is 8.61. The minimum atomic E-state index is -0.113. The summed E-state index contributed by atoms with van der Waals surface area (Å²) in [7, 11) is 3.56. The van der Waals surface area contributed by atoms with Gasteiger partial charge in [-0.15, -0.1) is 0 Å². The van der Waals surface area contributed by atoms with Crippen molar-refractivity contribution in [2.75, 3.05) is 7.11 Å². The molecule has 0 aromatic carbocycles. The Hall–Kier alpha value is -0.870. The molecule has 0 aliphatic carbocycles. The van der Waals surface area contributed by atoms with Gasteiger partial charge in [-0.05, 0) is 19.4 Å². The van der Waals surface area contributed by atoms with Crippen LogP contribution >= 0.6 is 0 Å². The number of nitrogens with zero attached hydrogens (tertiary/aromatic N) is 2. The van der Waals surface area contributed by atoms with E-state index in [1.165, 1.54) is 0 Å². The van der Waals surface area contributed by atoms with E-state index in [9.17, 15) is 0 Å². The third kappa shape index (κ3) is 1.89. The summed E-state index contributed by atoms with van der Waals surface area (Å²) in [6, 6.07) is -0.113. The lowest BCUT2D eigenvalue weighted by Crippen LogP contribution is -2.27. The lowest BCUT2D eigenvalue weighted by Gasteiger charge is -2.19. The highest BCUT2D eigenvalue weighted by atomic mass is 16.5. The molecule has 2 atom stereocenters. The van der Waals surface area contributed by atoms with Gasteiger partial charge in [0.25, 0.3) is 0 Å². The van der Waals surface area contributed by atoms with Gasteiger partial charge in [0.2, 0.25) is 0 Å². The molecule has 0 saturated carbocycles. The molecule has 0 fully saturated rings. The van der Waals surface area contributed by atoms with Crippen molar-refractivity contribution < 1.29 is 4.74 Å². The van der Waals surface area contributed by atoms with Crippen LogP contribution in [-0.2, 0) is 11.8 Å². The second-order valence-corrected chi connectivity index (χ2v) is 3.30. The molecule has 4 heteroatoms. The third-order valence-corrected chi connectivity index (χ3v) is 2.37. The molecule has 1 aromatic rings. The van der Waals surface area contributed by atoms with Crippen LogP contribution in [0.3, 0.4) is 0 Å². The van der Waals surface area contributed by atoms with E-state index in [0.29, 0.717) is 0 Å². The van der Waals surface area contributed by atoms with Gasteiger partial charge >= 0.3 is 0 Å². The summed E-state index contributed by atoms with van der Waals surface area (Å²) in [5.41, 5.74) is 8.16. The minimum Gasteiger partial charge on any atom is -0.380 e. The number of aryl methyl sites for hydroxylation is 2. The Kier molecular flexibility index (Phi) is 3.06. The predicted molar refractivity (Wildman–Crippen MR) is 51.3 cm³/mol. The summed E-state index contributed by atoms with van der Waals surface area (Å²) in [4.78, 5) is 0. The van der Waals surface area contributed by atoms with Crippen molar-refractivity contribution >= 4 is 0 Å². The molecular formula is C9H17N3O. The fraction of sp³-hybridized carbons (Fsp3) is 0.667. The summed E-state index contributed by atoms with van der Waals surface area (Å²) < 4.78 is 6.98. The van der Waals surface area contributed by atoms with E-state index < -0.39 is 0 Å². The normalized spacial score (nSPS) is 15.8. The van der Waals surface area contributed by atoms with E-state index >= 15 is 0 Å². The van der Waals surface area contributed by atoms with Crippen molar-refractivity contribution in [1.29, 1.82) is 0 Å². The number of hydrogen-bond donors (Lipinski definition) is 1. The van der Waals surface area contributed by atoms with Crippen LogP contribution in [-0.4, -0.2) is 23.0 Å². The molecule has 1 heterocycles. The fourth-order valence-corrected chi connectivity index (χ4v) is 1.40.